The lowest BCUT2D eigenvalue weighted by molar-refractivity contribution is 0.0282. The highest BCUT2D eigenvalue weighted by molar-refractivity contribution is 9.10. The van der Waals surface area contributed by atoms with E-state index in [-0.39, 0.29) is 0 Å². The molecule has 0 aromatic heterocycles. The lowest BCUT2D eigenvalue weighted by Crippen LogP contribution is -2.28. The Kier molecular flexibility index (Phi) is 3.56. The molecule has 0 heterocycles. The van der Waals surface area contributed by atoms with Crippen LogP contribution in [0.25, 0.3) is 0 Å². The summed E-state index contributed by atoms with van der Waals surface area (Å²) in [4.78, 5) is 0. The predicted molar refractivity (Wildman–Crippen MR) is 60.7 cm³/mol. The van der Waals surface area contributed by atoms with Gasteiger partial charge in [0.15, 0.2) is 0 Å². The van der Waals surface area contributed by atoms with E-state index < -0.39 is 5.60 Å². The van der Waals surface area contributed by atoms with Gasteiger partial charge in [0.1, 0.15) is 12.4 Å². The van der Waals surface area contributed by atoms with Crippen molar-refractivity contribution in [1.29, 1.82) is 0 Å². The van der Waals surface area contributed by atoms with Crippen LogP contribution in [0.2, 0.25) is 0 Å². The lowest BCUT2D eigenvalue weighted by Gasteiger charge is -2.18. The first kappa shape index (κ1) is 11.5. The maximum atomic E-state index is 9.50. The Bertz CT molecular complexity index is 316. The third kappa shape index (κ3) is 3.68. The summed E-state index contributed by atoms with van der Waals surface area (Å²) in [6.07, 6.45) is 0. The monoisotopic (exact) mass is 258 g/mol. The molecule has 1 N–H and O–H groups in total. The van der Waals surface area contributed by atoms with E-state index in [2.05, 4.69) is 15.9 Å². The number of ether oxygens (including phenoxy) is 1. The van der Waals surface area contributed by atoms with E-state index in [1.165, 1.54) is 0 Å². The minimum atomic E-state index is -0.797. The van der Waals surface area contributed by atoms with Gasteiger partial charge in [-0.3, -0.25) is 0 Å². The first-order valence-electron chi connectivity index (χ1n) is 4.50. The summed E-state index contributed by atoms with van der Waals surface area (Å²) in [5, 5.41) is 9.50. The van der Waals surface area contributed by atoms with Crippen LogP contribution >= 0.6 is 15.9 Å². The number of aryl methyl sites for hydroxylation is 1. The van der Waals surface area contributed by atoms with Gasteiger partial charge >= 0.3 is 0 Å². The van der Waals surface area contributed by atoms with Crippen LogP contribution in [0.4, 0.5) is 0 Å². The fourth-order valence-corrected chi connectivity index (χ4v) is 1.32. The van der Waals surface area contributed by atoms with Crippen molar-refractivity contribution in [2.75, 3.05) is 6.61 Å². The molecule has 0 saturated carbocycles. The molecular weight excluding hydrogens is 244 g/mol. The Morgan fingerprint density at radius 2 is 2.07 bits per heavy atom. The smallest absolute Gasteiger partial charge is 0.123 e. The van der Waals surface area contributed by atoms with E-state index >= 15 is 0 Å². The van der Waals surface area contributed by atoms with Gasteiger partial charge in [-0.05, 0) is 38.5 Å². The Morgan fingerprint density at radius 1 is 1.43 bits per heavy atom. The topological polar surface area (TPSA) is 29.5 Å². The minimum Gasteiger partial charge on any atom is -0.490 e. The summed E-state index contributed by atoms with van der Waals surface area (Å²) in [6, 6.07) is 5.84. The molecule has 14 heavy (non-hydrogen) atoms. The number of aliphatic hydroxyl groups is 1. The molecule has 0 radical (unpaired) electrons. The second-order valence-electron chi connectivity index (χ2n) is 4.01. The van der Waals surface area contributed by atoms with E-state index in [9.17, 15) is 5.11 Å². The summed E-state index contributed by atoms with van der Waals surface area (Å²) >= 11 is 3.37. The van der Waals surface area contributed by atoms with Crippen molar-refractivity contribution in [2.45, 2.75) is 26.4 Å². The van der Waals surface area contributed by atoms with Crippen LogP contribution in [-0.2, 0) is 0 Å². The van der Waals surface area contributed by atoms with Crippen molar-refractivity contribution in [1.82, 2.24) is 0 Å². The van der Waals surface area contributed by atoms with E-state index in [0.717, 1.165) is 15.8 Å². The molecule has 0 amide bonds. The Morgan fingerprint density at radius 3 is 2.64 bits per heavy atom. The fourth-order valence-electron chi connectivity index (χ4n) is 0.984. The van der Waals surface area contributed by atoms with Crippen LogP contribution in [0, 0.1) is 6.92 Å². The van der Waals surface area contributed by atoms with Crippen molar-refractivity contribution in [3.63, 3.8) is 0 Å². The highest BCUT2D eigenvalue weighted by atomic mass is 79.9. The summed E-state index contributed by atoms with van der Waals surface area (Å²) in [5.41, 5.74) is 0.270. The SMILES string of the molecule is Cc1ccc(Br)cc1OCC(C)(C)O. The molecule has 0 saturated heterocycles. The quantitative estimate of drug-likeness (QED) is 0.904. The lowest BCUT2D eigenvalue weighted by atomic mass is 10.1. The van der Waals surface area contributed by atoms with E-state index in [0.29, 0.717) is 6.61 Å². The van der Waals surface area contributed by atoms with Gasteiger partial charge in [-0.1, -0.05) is 22.0 Å². The fraction of sp³-hybridized carbons (Fsp3) is 0.455. The van der Waals surface area contributed by atoms with Crippen LogP contribution in [-0.4, -0.2) is 17.3 Å². The Hall–Kier alpha value is -0.540. The average molecular weight is 259 g/mol. The summed E-state index contributed by atoms with van der Waals surface area (Å²) in [5.74, 6) is 0.807. The minimum absolute atomic E-state index is 0.296. The number of benzene rings is 1. The molecule has 0 spiro atoms. The molecule has 0 atom stereocenters. The second-order valence-corrected chi connectivity index (χ2v) is 4.93. The van der Waals surface area contributed by atoms with Crippen LogP contribution in [0.1, 0.15) is 19.4 Å². The number of rotatable bonds is 3. The maximum absolute atomic E-state index is 9.50. The first-order chi connectivity index (χ1) is 6.38. The number of hydrogen-bond donors (Lipinski definition) is 1. The van der Waals surface area contributed by atoms with Gasteiger partial charge in [-0.25, -0.2) is 0 Å². The highest BCUT2D eigenvalue weighted by Gasteiger charge is 2.13. The van der Waals surface area contributed by atoms with Gasteiger partial charge in [0.2, 0.25) is 0 Å². The molecule has 0 bridgehead atoms. The molecular formula is C11H15BrO2. The second kappa shape index (κ2) is 4.32. The zero-order valence-electron chi connectivity index (χ0n) is 8.67. The zero-order valence-corrected chi connectivity index (χ0v) is 10.3. The normalized spacial score (nSPS) is 11.5. The zero-order chi connectivity index (χ0) is 10.8. The van der Waals surface area contributed by atoms with Crippen molar-refractivity contribution >= 4 is 15.9 Å². The standard InChI is InChI=1S/C11H15BrO2/c1-8-4-5-9(12)6-10(8)14-7-11(2,3)13/h4-6,13H,7H2,1-3H3. The number of halogens is 1. The van der Waals surface area contributed by atoms with Crippen molar-refractivity contribution in [3.05, 3.63) is 28.2 Å². The van der Waals surface area contributed by atoms with Crippen LogP contribution < -0.4 is 4.74 Å². The van der Waals surface area contributed by atoms with Crippen LogP contribution in [0.15, 0.2) is 22.7 Å². The van der Waals surface area contributed by atoms with Crippen molar-refractivity contribution in [2.24, 2.45) is 0 Å². The summed E-state index contributed by atoms with van der Waals surface area (Å²) < 4.78 is 6.48. The summed E-state index contributed by atoms with van der Waals surface area (Å²) in [7, 11) is 0. The molecule has 0 aliphatic rings. The highest BCUT2D eigenvalue weighted by Crippen LogP contribution is 2.23. The van der Waals surface area contributed by atoms with Gasteiger partial charge in [-0.15, -0.1) is 0 Å². The molecule has 0 aliphatic carbocycles. The molecule has 1 aromatic rings. The van der Waals surface area contributed by atoms with Gasteiger partial charge in [-0.2, -0.15) is 0 Å². The van der Waals surface area contributed by atoms with E-state index in [1.54, 1.807) is 13.8 Å². The molecule has 1 rings (SSSR count). The third-order valence-corrected chi connectivity index (χ3v) is 2.22. The molecule has 0 fully saturated rings. The van der Waals surface area contributed by atoms with E-state index in [4.69, 9.17) is 4.74 Å². The van der Waals surface area contributed by atoms with Gasteiger partial charge < -0.3 is 9.84 Å². The van der Waals surface area contributed by atoms with Gasteiger partial charge in [0.05, 0.1) is 5.60 Å². The van der Waals surface area contributed by atoms with Crippen LogP contribution in [0.3, 0.4) is 0 Å². The third-order valence-electron chi connectivity index (χ3n) is 1.73. The molecule has 1 aromatic carbocycles. The van der Waals surface area contributed by atoms with Crippen LogP contribution in [0.5, 0.6) is 5.75 Å². The van der Waals surface area contributed by atoms with Crippen molar-refractivity contribution in [3.8, 4) is 5.75 Å². The molecule has 2 nitrogen and oxygen atoms in total. The maximum Gasteiger partial charge on any atom is 0.123 e. The average Bonchev–Trinajstić information content (AvgIpc) is 2.05. The first-order valence-corrected chi connectivity index (χ1v) is 5.29. The summed E-state index contributed by atoms with van der Waals surface area (Å²) in [6.45, 7) is 5.72. The molecule has 78 valence electrons. The van der Waals surface area contributed by atoms with E-state index in [1.807, 2.05) is 25.1 Å². The molecule has 0 unspecified atom stereocenters. The Balaban J connectivity index is 2.72. The largest absolute Gasteiger partial charge is 0.490 e. The van der Waals surface area contributed by atoms with Crippen molar-refractivity contribution < 1.29 is 9.84 Å². The van der Waals surface area contributed by atoms with Gasteiger partial charge in [0, 0.05) is 4.47 Å². The molecule has 0 aliphatic heterocycles. The predicted octanol–water partition coefficient (Wildman–Crippen LogP) is 2.91. The molecule has 3 heteroatoms. The van der Waals surface area contributed by atoms with Gasteiger partial charge in [0.25, 0.3) is 0 Å². The Labute approximate surface area is 93.0 Å². The number of hydrogen-bond acceptors (Lipinski definition) is 2.